The van der Waals surface area contributed by atoms with E-state index in [-0.39, 0.29) is 0 Å². The highest BCUT2D eigenvalue weighted by Crippen LogP contribution is 2.00. The predicted molar refractivity (Wildman–Crippen MR) is 120 cm³/mol. The van der Waals surface area contributed by atoms with Gasteiger partial charge in [0.15, 0.2) is 0 Å². The zero-order chi connectivity index (χ0) is 21.8. The molecule has 0 spiro atoms. The molecule has 0 aliphatic carbocycles. The van der Waals surface area contributed by atoms with E-state index in [4.69, 9.17) is 37.9 Å². The first kappa shape index (κ1) is 30.0. The fourth-order valence-electron chi connectivity index (χ4n) is 2.23. The second-order valence-corrected chi connectivity index (χ2v) is 6.86. The minimum absolute atomic E-state index is 0.548. The van der Waals surface area contributed by atoms with Crippen molar-refractivity contribution >= 4 is 12.6 Å². The largest absolute Gasteiger partial charge is 0.382 e. The van der Waals surface area contributed by atoms with Gasteiger partial charge in [-0.2, -0.15) is 12.6 Å². The van der Waals surface area contributed by atoms with E-state index in [1.54, 1.807) is 7.11 Å². The number of methoxy groups -OCH3 is 1. The fourth-order valence-corrected chi connectivity index (χ4v) is 2.46. The lowest BCUT2D eigenvalue weighted by Crippen LogP contribution is -2.14. The summed E-state index contributed by atoms with van der Waals surface area (Å²) in [5, 5.41) is 0. The molecule has 0 aromatic rings. The van der Waals surface area contributed by atoms with Crippen molar-refractivity contribution in [1.29, 1.82) is 0 Å². The summed E-state index contributed by atoms with van der Waals surface area (Å²) in [6.45, 7) is 8.84. The van der Waals surface area contributed by atoms with Crippen molar-refractivity contribution in [2.24, 2.45) is 0 Å². The van der Waals surface area contributed by atoms with Gasteiger partial charge >= 0.3 is 0 Å². The Morgan fingerprint density at radius 1 is 0.367 bits per heavy atom. The Kier molecular flexibility index (Phi) is 29.1. The highest BCUT2D eigenvalue weighted by atomic mass is 32.1. The van der Waals surface area contributed by atoms with Gasteiger partial charge in [0, 0.05) is 13.7 Å². The quantitative estimate of drug-likeness (QED) is 0.149. The van der Waals surface area contributed by atoms with Crippen LogP contribution in [-0.2, 0) is 37.9 Å². The first-order chi connectivity index (χ1) is 14.9. The van der Waals surface area contributed by atoms with Crippen LogP contribution in [0.4, 0.5) is 0 Å². The summed E-state index contributed by atoms with van der Waals surface area (Å²) in [6, 6.07) is 0. The third kappa shape index (κ3) is 28.0. The van der Waals surface area contributed by atoms with Crippen LogP contribution < -0.4 is 0 Å². The molecule has 0 aromatic carbocycles. The van der Waals surface area contributed by atoms with E-state index in [0.29, 0.717) is 92.5 Å². The molecule has 182 valence electrons. The Bertz CT molecular complexity index is 272. The predicted octanol–water partition coefficient (Wildman–Crippen LogP) is 2.24. The summed E-state index contributed by atoms with van der Waals surface area (Å²) in [4.78, 5) is 0. The summed E-state index contributed by atoms with van der Waals surface area (Å²) in [5.74, 6) is 0.973. The van der Waals surface area contributed by atoms with E-state index < -0.39 is 0 Å². The third-order valence-electron chi connectivity index (χ3n) is 3.86. The Hall–Kier alpha value is 0.0300. The van der Waals surface area contributed by atoms with E-state index in [0.717, 1.165) is 18.8 Å². The van der Waals surface area contributed by atoms with Gasteiger partial charge in [-0.1, -0.05) is 12.8 Å². The first-order valence-corrected chi connectivity index (χ1v) is 11.7. The topological polar surface area (TPSA) is 73.8 Å². The van der Waals surface area contributed by atoms with Crippen LogP contribution in [-0.4, -0.2) is 112 Å². The standard InChI is InChI=1S/C21H44O8S/c1-22-7-8-24-11-12-26-15-16-28-19-20-29-18-17-27-14-13-25-10-9-23-6-4-2-3-5-21-30/h30H,2-21H2,1H3. The number of thiol groups is 1. The molecule has 0 unspecified atom stereocenters. The van der Waals surface area contributed by atoms with Gasteiger partial charge in [-0.15, -0.1) is 0 Å². The molecule has 0 amide bonds. The second-order valence-electron chi connectivity index (χ2n) is 6.42. The second kappa shape index (κ2) is 29.0. The average molecular weight is 457 g/mol. The monoisotopic (exact) mass is 456 g/mol. The molecule has 0 N–H and O–H groups in total. The van der Waals surface area contributed by atoms with Crippen LogP contribution in [0.5, 0.6) is 0 Å². The SMILES string of the molecule is COCCOCCOCCOCCOCCOCCOCCOCCCCCCS. The van der Waals surface area contributed by atoms with Crippen LogP contribution >= 0.6 is 12.6 Å². The summed E-state index contributed by atoms with van der Waals surface area (Å²) in [7, 11) is 1.65. The molecule has 0 fully saturated rings. The molecule has 0 heterocycles. The molecule has 9 heteroatoms. The molecule has 0 saturated carbocycles. The number of ether oxygens (including phenoxy) is 8. The summed E-state index contributed by atoms with van der Waals surface area (Å²) >= 11 is 4.20. The van der Waals surface area contributed by atoms with Gasteiger partial charge in [0.1, 0.15) is 0 Å². The van der Waals surface area contributed by atoms with Crippen molar-refractivity contribution in [3.8, 4) is 0 Å². The maximum Gasteiger partial charge on any atom is 0.0701 e. The van der Waals surface area contributed by atoms with Crippen LogP contribution in [0, 0.1) is 0 Å². The van der Waals surface area contributed by atoms with Gasteiger partial charge in [-0.3, -0.25) is 0 Å². The van der Waals surface area contributed by atoms with Crippen LogP contribution in [0.3, 0.4) is 0 Å². The fraction of sp³-hybridized carbons (Fsp3) is 1.00. The average Bonchev–Trinajstić information content (AvgIpc) is 2.76. The van der Waals surface area contributed by atoms with Gasteiger partial charge in [-0.05, 0) is 18.6 Å². The van der Waals surface area contributed by atoms with E-state index in [2.05, 4.69) is 12.6 Å². The summed E-state index contributed by atoms with van der Waals surface area (Å²) in [6.07, 6.45) is 4.75. The van der Waals surface area contributed by atoms with Crippen LogP contribution in [0.25, 0.3) is 0 Å². The zero-order valence-electron chi connectivity index (χ0n) is 18.9. The smallest absolute Gasteiger partial charge is 0.0701 e. The van der Waals surface area contributed by atoms with Crippen molar-refractivity contribution in [3.05, 3.63) is 0 Å². The van der Waals surface area contributed by atoms with Crippen LogP contribution in [0.2, 0.25) is 0 Å². The van der Waals surface area contributed by atoms with E-state index in [1.165, 1.54) is 19.3 Å². The molecule has 0 atom stereocenters. The van der Waals surface area contributed by atoms with Crippen molar-refractivity contribution in [2.75, 3.05) is 112 Å². The maximum atomic E-state index is 5.52. The molecule has 0 bridgehead atoms. The van der Waals surface area contributed by atoms with Gasteiger partial charge in [0.05, 0.1) is 92.5 Å². The highest BCUT2D eigenvalue weighted by Gasteiger charge is 1.95. The van der Waals surface area contributed by atoms with Gasteiger partial charge in [0.2, 0.25) is 0 Å². The molecule has 8 nitrogen and oxygen atoms in total. The van der Waals surface area contributed by atoms with Crippen LogP contribution in [0.1, 0.15) is 25.7 Å². The third-order valence-corrected chi connectivity index (χ3v) is 4.18. The van der Waals surface area contributed by atoms with Gasteiger partial charge in [0.25, 0.3) is 0 Å². The molecule has 0 aliphatic rings. The minimum atomic E-state index is 0.548. The Morgan fingerprint density at radius 3 is 1.00 bits per heavy atom. The molecule has 0 aromatic heterocycles. The molecular weight excluding hydrogens is 412 g/mol. The van der Waals surface area contributed by atoms with Gasteiger partial charge in [-0.25, -0.2) is 0 Å². The number of unbranched alkanes of at least 4 members (excludes halogenated alkanes) is 3. The molecule has 0 radical (unpaired) electrons. The molecule has 0 saturated heterocycles. The van der Waals surface area contributed by atoms with E-state index in [9.17, 15) is 0 Å². The van der Waals surface area contributed by atoms with E-state index >= 15 is 0 Å². The molecule has 0 rings (SSSR count). The Labute approximate surface area is 188 Å². The maximum absolute atomic E-state index is 5.52. The van der Waals surface area contributed by atoms with Gasteiger partial charge < -0.3 is 37.9 Å². The van der Waals surface area contributed by atoms with Crippen molar-refractivity contribution in [1.82, 2.24) is 0 Å². The lowest BCUT2D eigenvalue weighted by molar-refractivity contribution is -0.0221. The van der Waals surface area contributed by atoms with Crippen molar-refractivity contribution in [3.63, 3.8) is 0 Å². The number of rotatable bonds is 27. The Balaban J connectivity index is 2.97. The lowest BCUT2D eigenvalue weighted by atomic mass is 10.2. The Morgan fingerprint density at radius 2 is 0.667 bits per heavy atom. The van der Waals surface area contributed by atoms with Crippen molar-refractivity contribution < 1.29 is 37.9 Å². The molecular formula is C21H44O8S. The first-order valence-electron chi connectivity index (χ1n) is 11.1. The van der Waals surface area contributed by atoms with Crippen LogP contribution in [0.15, 0.2) is 0 Å². The zero-order valence-corrected chi connectivity index (χ0v) is 19.7. The van der Waals surface area contributed by atoms with E-state index in [1.807, 2.05) is 0 Å². The molecule has 30 heavy (non-hydrogen) atoms. The summed E-state index contributed by atoms with van der Waals surface area (Å²) in [5.41, 5.74) is 0. The molecule has 0 aliphatic heterocycles. The van der Waals surface area contributed by atoms with Crippen molar-refractivity contribution in [2.45, 2.75) is 25.7 Å². The minimum Gasteiger partial charge on any atom is -0.382 e. The number of hydrogen-bond donors (Lipinski definition) is 1. The highest BCUT2D eigenvalue weighted by molar-refractivity contribution is 7.80. The normalized spacial score (nSPS) is 11.4. The summed E-state index contributed by atoms with van der Waals surface area (Å²) < 4.78 is 42.8. The lowest BCUT2D eigenvalue weighted by Gasteiger charge is -2.08. The number of hydrogen-bond acceptors (Lipinski definition) is 9.